The van der Waals surface area contributed by atoms with E-state index >= 15 is 0 Å². The molecule has 9 heteroatoms. The SMILES string of the molecule is CC(CS(C)(=O)=O)NS(=O)(=O)c1ccccc1NN. The van der Waals surface area contributed by atoms with Crippen LogP contribution in [0, 0.1) is 0 Å². The molecule has 0 aliphatic heterocycles. The molecule has 1 aromatic rings. The number of anilines is 1. The lowest BCUT2D eigenvalue weighted by Gasteiger charge is -2.15. The van der Waals surface area contributed by atoms with Crippen molar-refractivity contribution in [3.63, 3.8) is 0 Å². The number of benzene rings is 1. The third-order valence-corrected chi connectivity index (χ3v) is 4.99. The Bertz CT molecular complexity index is 640. The van der Waals surface area contributed by atoms with Gasteiger partial charge in [-0.1, -0.05) is 12.1 Å². The smallest absolute Gasteiger partial charge is 0.242 e. The van der Waals surface area contributed by atoms with E-state index in [9.17, 15) is 16.8 Å². The van der Waals surface area contributed by atoms with Gasteiger partial charge in [0.25, 0.3) is 0 Å². The van der Waals surface area contributed by atoms with Crippen LogP contribution in [0.1, 0.15) is 6.92 Å². The van der Waals surface area contributed by atoms with Crippen LogP contribution in [0.3, 0.4) is 0 Å². The Morgan fingerprint density at radius 2 is 1.79 bits per heavy atom. The standard InChI is InChI=1S/C10H17N3O4S2/c1-8(7-18(2,14)15)13-19(16,17)10-6-4-3-5-9(10)12-11/h3-6,8,12-13H,7,11H2,1-2H3. The molecule has 0 heterocycles. The highest BCUT2D eigenvalue weighted by atomic mass is 32.2. The Morgan fingerprint density at radius 3 is 2.32 bits per heavy atom. The maximum Gasteiger partial charge on any atom is 0.242 e. The number of rotatable bonds is 6. The molecule has 0 fully saturated rings. The van der Waals surface area contributed by atoms with Crippen LogP contribution in [0.15, 0.2) is 29.2 Å². The zero-order chi connectivity index (χ0) is 14.7. The first-order chi connectivity index (χ1) is 8.65. The van der Waals surface area contributed by atoms with Crippen molar-refractivity contribution in [1.29, 1.82) is 0 Å². The third kappa shape index (κ3) is 4.78. The molecular weight excluding hydrogens is 290 g/mol. The van der Waals surface area contributed by atoms with Crippen LogP contribution >= 0.6 is 0 Å². The van der Waals surface area contributed by atoms with Gasteiger partial charge in [0.1, 0.15) is 14.7 Å². The lowest BCUT2D eigenvalue weighted by atomic mass is 10.3. The number of hydrazine groups is 1. The second-order valence-corrected chi connectivity index (χ2v) is 8.12. The van der Waals surface area contributed by atoms with Gasteiger partial charge in [0.15, 0.2) is 0 Å². The molecule has 108 valence electrons. The van der Waals surface area contributed by atoms with E-state index in [1.54, 1.807) is 12.1 Å². The molecule has 0 amide bonds. The molecule has 1 rings (SSSR count). The summed E-state index contributed by atoms with van der Waals surface area (Å²) in [5, 5.41) is 0. The second kappa shape index (κ2) is 5.87. The number of hydrogen-bond acceptors (Lipinski definition) is 6. The Kier molecular flexibility index (Phi) is 4.91. The van der Waals surface area contributed by atoms with Crippen LogP contribution in [0.5, 0.6) is 0 Å². The molecule has 0 bridgehead atoms. The molecule has 0 saturated heterocycles. The van der Waals surface area contributed by atoms with Crippen molar-refractivity contribution in [1.82, 2.24) is 4.72 Å². The van der Waals surface area contributed by atoms with Crippen LogP contribution in [0.4, 0.5) is 5.69 Å². The molecule has 0 saturated carbocycles. The molecule has 0 aliphatic carbocycles. The van der Waals surface area contributed by atoms with Crippen molar-refractivity contribution in [3.05, 3.63) is 24.3 Å². The minimum atomic E-state index is -3.83. The number of sulfone groups is 1. The number of nitrogens with two attached hydrogens (primary N) is 1. The molecule has 19 heavy (non-hydrogen) atoms. The number of nitrogens with one attached hydrogen (secondary N) is 2. The maximum atomic E-state index is 12.1. The monoisotopic (exact) mass is 307 g/mol. The predicted molar refractivity (Wildman–Crippen MR) is 73.7 cm³/mol. The zero-order valence-corrected chi connectivity index (χ0v) is 12.3. The fourth-order valence-corrected chi connectivity index (χ4v) is 4.15. The fourth-order valence-electron chi connectivity index (χ4n) is 1.64. The lowest BCUT2D eigenvalue weighted by molar-refractivity contribution is 0.564. The zero-order valence-electron chi connectivity index (χ0n) is 10.6. The van der Waals surface area contributed by atoms with E-state index < -0.39 is 25.9 Å². The van der Waals surface area contributed by atoms with Crippen LogP contribution in [-0.2, 0) is 19.9 Å². The Balaban J connectivity index is 2.99. The Morgan fingerprint density at radius 1 is 1.21 bits per heavy atom. The van der Waals surface area contributed by atoms with E-state index in [0.717, 1.165) is 6.26 Å². The summed E-state index contributed by atoms with van der Waals surface area (Å²) in [6.45, 7) is 1.48. The minimum Gasteiger partial charge on any atom is -0.323 e. The van der Waals surface area contributed by atoms with Gasteiger partial charge >= 0.3 is 0 Å². The summed E-state index contributed by atoms with van der Waals surface area (Å²) < 4.78 is 48.8. The summed E-state index contributed by atoms with van der Waals surface area (Å²) >= 11 is 0. The fraction of sp³-hybridized carbons (Fsp3) is 0.400. The molecule has 0 aliphatic rings. The maximum absolute atomic E-state index is 12.1. The summed E-state index contributed by atoms with van der Waals surface area (Å²) in [4.78, 5) is -0.0298. The topological polar surface area (TPSA) is 118 Å². The van der Waals surface area contributed by atoms with E-state index in [4.69, 9.17) is 5.84 Å². The third-order valence-electron chi connectivity index (χ3n) is 2.24. The summed E-state index contributed by atoms with van der Waals surface area (Å²) in [5.41, 5.74) is 2.52. The number of sulfonamides is 1. The quantitative estimate of drug-likeness (QED) is 0.490. The largest absolute Gasteiger partial charge is 0.323 e. The van der Waals surface area contributed by atoms with Crippen LogP contribution in [0.2, 0.25) is 0 Å². The normalized spacial score (nSPS) is 14.1. The van der Waals surface area contributed by atoms with E-state index in [0.29, 0.717) is 0 Å². The van der Waals surface area contributed by atoms with Gasteiger partial charge in [0.05, 0.1) is 11.4 Å². The van der Waals surface area contributed by atoms with Gasteiger partial charge in [-0.2, -0.15) is 0 Å². The van der Waals surface area contributed by atoms with Crippen molar-refractivity contribution in [3.8, 4) is 0 Å². The average molecular weight is 307 g/mol. The number of hydrogen-bond donors (Lipinski definition) is 3. The molecular formula is C10H17N3O4S2. The van der Waals surface area contributed by atoms with Gasteiger partial charge in [0, 0.05) is 12.3 Å². The van der Waals surface area contributed by atoms with Crippen LogP contribution in [0.25, 0.3) is 0 Å². The Hall–Kier alpha value is -1.16. The predicted octanol–water partition coefficient (Wildman–Crippen LogP) is -0.316. The molecule has 0 radical (unpaired) electrons. The molecule has 1 unspecified atom stereocenters. The summed E-state index contributed by atoms with van der Waals surface area (Å²) in [7, 11) is -7.09. The van der Waals surface area contributed by atoms with Crippen LogP contribution < -0.4 is 16.0 Å². The van der Waals surface area contributed by atoms with Gasteiger partial charge in [-0.15, -0.1) is 0 Å². The van der Waals surface area contributed by atoms with Crippen molar-refractivity contribution in [2.75, 3.05) is 17.4 Å². The van der Waals surface area contributed by atoms with Gasteiger partial charge < -0.3 is 5.43 Å². The first-order valence-corrected chi connectivity index (χ1v) is 8.96. The average Bonchev–Trinajstić information content (AvgIpc) is 2.25. The summed E-state index contributed by atoms with van der Waals surface area (Å²) in [6.07, 6.45) is 1.05. The minimum absolute atomic E-state index is 0.0298. The summed E-state index contributed by atoms with van der Waals surface area (Å²) in [6, 6.07) is 5.34. The molecule has 1 aromatic carbocycles. The van der Waals surface area contributed by atoms with Crippen molar-refractivity contribution in [2.24, 2.45) is 5.84 Å². The van der Waals surface area contributed by atoms with Crippen LogP contribution in [-0.4, -0.2) is 34.9 Å². The molecule has 0 spiro atoms. The first kappa shape index (κ1) is 15.9. The molecule has 1 atom stereocenters. The van der Waals surface area contributed by atoms with Crippen molar-refractivity contribution in [2.45, 2.75) is 17.9 Å². The van der Waals surface area contributed by atoms with Gasteiger partial charge in [0.2, 0.25) is 10.0 Å². The number of nitrogen functional groups attached to an aromatic ring is 1. The highest BCUT2D eigenvalue weighted by Crippen LogP contribution is 2.19. The molecule has 7 nitrogen and oxygen atoms in total. The highest BCUT2D eigenvalue weighted by Gasteiger charge is 2.22. The van der Waals surface area contributed by atoms with Gasteiger partial charge in [-0.05, 0) is 19.1 Å². The first-order valence-electron chi connectivity index (χ1n) is 5.41. The van der Waals surface area contributed by atoms with Gasteiger partial charge in [-0.25, -0.2) is 21.6 Å². The van der Waals surface area contributed by atoms with E-state index in [1.807, 2.05) is 0 Å². The number of para-hydroxylation sites is 1. The molecule has 0 aromatic heterocycles. The van der Waals surface area contributed by atoms with Crippen molar-refractivity contribution >= 4 is 25.5 Å². The summed E-state index contributed by atoms with van der Waals surface area (Å²) in [5.74, 6) is 4.97. The second-order valence-electron chi connectivity index (χ2n) is 4.26. The highest BCUT2D eigenvalue weighted by molar-refractivity contribution is 7.91. The van der Waals surface area contributed by atoms with E-state index in [2.05, 4.69) is 10.1 Å². The lowest BCUT2D eigenvalue weighted by Crippen LogP contribution is -2.37. The van der Waals surface area contributed by atoms with Crippen molar-refractivity contribution < 1.29 is 16.8 Å². The van der Waals surface area contributed by atoms with Gasteiger partial charge in [-0.3, -0.25) is 5.84 Å². The molecule has 4 N–H and O–H groups in total. The Labute approximate surface area is 113 Å². The van der Waals surface area contributed by atoms with E-state index in [1.165, 1.54) is 19.1 Å². The van der Waals surface area contributed by atoms with E-state index in [-0.39, 0.29) is 16.3 Å².